The highest BCUT2D eigenvalue weighted by Crippen LogP contribution is 2.43. The molecule has 0 N–H and O–H groups in total. The molecule has 0 spiro atoms. The first kappa shape index (κ1) is 40.5. The van der Waals surface area contributed by atoms with Gasteiger partial charge < -0.3 is 4.90 Å². The van der Waals surface area contributed by atoms with Crippen LogP contribution < -0.4 is 4.90 Å². The predicted molar refractivity (Wildman–Crippen MR) is 297 cm³/mol. The van der Waals surface area contributed by atoms with Crippen LogP contribution in [-0.4, -0.2) is 19.1 Å². The third kappa shape index (κ3) is 6.63. The minimum absolute atomic E-state index is 0.881. The fraction of sp³-hybridized carbons (Fsp3) is 0. The van der Waals surface area contributed by atoms with Crippen molar-refractivity contribution in [3.05, 3.63) is 261 Å². The van der Waals surface area contributed by atoms with Crippen molar-refractivity contribution >= 4 is 82.2 Å². The van der Waals surface area contributed by atoms with Gasteiger partial charge in [0, 0.05) is 61.1 Å². The van der Waals surface area contributed by atoms with E-state index in [4.69, 9.17) is 9.97 Å². The highest BCUT2D eigenvalue weighted by atomic mass is 15.1. The Labute approximate surface area is 410 Å². The van der Waals surface area contributed by atoms with Crippen LogP contribution in [0.25, 0.3) is 110 Å². The molecule has 5 heteroatoms. The molecule has 0 saturated carbocycles. The summed E-state index contributed by atoms with van der Waals surface area (Å²) in [4.78, 5) is 13.4. The molecule has 12 aromatic carbocycles. The Hall–Kier alpha value is -9.58. The third-order valence-electron chi connectivity index (χ3n) is 14.1. The summed E-state index contributed by atoms with van der Waals surface area (Å²) in [6.07, 6.45) is 0. The van der Waals surface area contributed by atoms with Crippen LogP contribution in [-0.2, 0) is 0 Å². The minimum atomic E-state index is 0.881. The maximum Gasteiger partial charge on any atom is 0.145 e. The summed E-state index contributed by atoms with van der Waals surface area (Å²) < 4.78 is 4.70. The van der Waals surface area contributed by atoms with Gasteiger partial charge in [-0.2, -0.15) is 0 Å². The van der Waals surface area contributed by atoms with Crippen molar-refractivity contribution in [2.75, 3.05) is 4.90 Å². The van der Waals surface area contributed by atoms with E-state index in [0.29, 0.717) is 0 Å². The van der Waals surface area contributed by atoms with Crippen molar-refractivity contribution in [1.82, 2.24) is 19.1 Å². The molecule has 0 aliphatic rings. The number of anilines is 3. The van der Waals surface area contributed by atoms with Gasteiger partial charge >= 0.3 is 0 Å². The Bertz CT molecular complexity index is 4250. The average molecular weight is 906 g/mol. The number of aromatic nitrogens is 4. The van der Waals surface area contributed by atoms with Crippen LogP contribution >= 0.6 is 0 Å². The first-order chi connectivity index (χ1) is 35.2. The van der Waals surface area contributed by atoms with Crippen LogP contribution in [0.1, 0.15) is 0 Å². The van der Waals surface area contributed by atoms with Gasteiger partial charge in [0.25, 0.3) is 0 Å². The van der Waals surface area contributed by atoms with Crippen molar-refractivity contribution in [3.63, 3.8) is 0 Å². The van der Waals surface area contributed by atoms with E-state index in [1.165, 1.54) is 26.9 Å². The number of imidazole rings is 2. The summed E-state index contributed by atoms with van der Waals surface area (Å²) in [6, 6.07) is 93.1. The predicted octanol–water partition coefficient (Wildman–Crippen LogP) is 17.4. The molecule has 2 heterocycles. The van der Waals surface area contributed by atoms with Gasteiger partial charge in [-0.25, -0.2) is 9.97 Å². The Morgan fingerprint density at radius 2 is 0.535 bits per heavy atom. The summed E-state index contributed by atoms with van der Waals surface area (Å²) in [5, 5.41) is 9.42. The Morgan fingerprint density at radius 1 is 0.239 bits per heavy atom. The minimum Gasteiger partial charge on any atom is -0.311 e. The van der Waals surface area contributed by atoms with Crippen LogP contribution in [0.3, 0.4) is 0 Å². The molecule has 0 aliphatic carbocycles. The summed E-state index contributed by atoms with van der Waals surface area (Å²) >= 11 is 0. The largest absolute Gasteiger partial charge is 0.311 e. The molecule has 2 aromatic heterocycles. The summed E-state index contributed by atoms with van der Waals surface area (Å²) in [5.41, 5.74) is 13.9. The molecular formula is C66H43N5. The van der Waals surface area contributed by atoms with Gasteiger partial charge in [-0.15, -0.1) is 0 Å². The smallest absolute Gasteiger partial charge is 0.145 e. The average Bonchev–Trinajstić information content (AvgIpc) is 4.06. The Balaban J connectivity index is 0.916. The fourth-order valence-corrected chi connectivity index (χ4v) is 10.9. The number of rotatable bonds is 8. The zero-order chi connectivity index (χ0) is 46.8. The lowest BCUT2D eigenvalue weighted by Gasteiger charge is -2.25. The van der Waals surface area contributed by atoms with Gasteiger partial charge in [0.2, 0.25) is 0 Å². The monoisotopic (exact) mass is 905 g/mol. The third-order valence-corrected chi connectivity index (χ3v) is 14.1. The molecule has 0 amide bonds. The zero-order valence-corrected chi connectivity index (χ0v) is 38.6. The molecule has 0 atom stereocenters. The number of hydrogen-bond acceptors (Lipinski definition) is 3. The molecule has 5 nitrogen and oxygen atoms in total. The van der Waals surface area contributed by atoms with Gasteiger partial charge in [0.15, 0.2) is 0 Å². The second kappa shape index (κ2) is 16.6. The van der Waals surface area contributed by atoms with Crippen molar-refractivity contribution < 1.29 is 0 Å². The molecule has 14 aromatic rings. The molecule has 0 radical (unpaired) electrons. The van der Waals surface area contributed by atoms with Crippen molar-refractivity contribution in [1.29, 1.82) is 0 Å². The number of benzene rings is 12. The van der Waals surface area contributed by atoms with Gasteiger partial charge in [0.1, 0.15) is 11.6 Å². The molecule has 0 fully saturated rings. The summed E-state index contributed by atoms with van der Waals surface area (Å²) in [5.74, 6) is 1.77. The van der Waals surface area contributed by atoms with E-state index < -0.39 is 0 Å². The second-order valence-corrected chi connectivity index (χ2v) is 18.1. The highest BCUT2D eigenvalue weighted by molar-refractivity contribution is 6.25. The van der Waals surface area contributed by atoms with Crippen molar-refractivity contribution in [2.24, 2.45) is 0 Å². The summed E-state index contributed by atoms with van der Waals surface area (Å²) in [7, 11) is 0. The Kier molecular flexibility index (Phi) is 9.46. The Morgan fingerprint density at radius 3 is 0.972 bits per heavy atom. The van der Waals surface area contributed by atoms with E-state index in [-0.39, 0.29) is 0 Å². The van der Waals surface area contributed by atoms with Crippen LogP contribution in [0, 0.1) is 0 Å². The van der Waals surface area contributed by atoms with E-state index in [1.54, 1.807) is 0 Å². The molecular weight excluding hydrogens is 863 g/mol. The summed E-state index contributed by atoms with van der Waals surface area (Å²) in [6.45, 7) is 0. The topological polar surface area (TPSA) is 38.9 Å². The van der Waals surface area contributed by atoms with E-state index >= 15 is 0 Å². The molecule has 332 valence electrons. The first-order valence-corrected chi connectivity index (χ1v) is 24.2. The molecule has 0 bridgehead atoms. The lowest BCUT2D eigenvalue weighted by atomic mass is 10.00. The van der Waals surface area contributed by atoms with Gasteiger partial charge in [-0.05, 0) is 105 Å². The second-order valence-electron chi connectivity index (χ2n) is 18.1. The van der Waals surface area contributed by atoms with Crippen LogP contribution in [0.15, 0.2) is 261 Å². The number of nitrogens with zero attached hydrogens (tertiary/aromatic N) is 5. The quantitative estimate of drug-likeness (QED) is 0.143. The lowest BCUT2D eigenvalue weighted by molar-refractivity contribution is 1.09. The SMILES string of the molecule is c1ccc(N(c2ccccc2)c2ccc(-c3ccc(-c4nc5c6ccccc6c6ccccc6c5n4-c4ccc(-c5nc6c7ccccc7c7ccccc7c6n5-c5ccccc5)cc4)cc3)cc2)cc1. The standard InChI is InChI=1S/C66H43N5/c1-4-18-48(19-5-1)69(49-20-6-2-7-21-49)51-40-36-45(37-41-51)44-32-34-46(35-33-44)65-67-62-58-29-15-11-25-54(58)56-27-13-17-31-60(56)64(62)71(65)52-42-38-47(39-43-52)66-68-61-57-28-14-10-24-53(57)55-26-12-16-30-59(55)63(61)70(66)50-22-8-3-9-23-50/h1-43H. The lowest BCUT2D eigenvalue weighted by Crippen LogP contribution is -2.09. The van der Waals surface area contributed by atoms with E-state index in [0.717, 1.165) is 101 Å². The van der Waals surface area contributed by atoms with E-state index in [1.807, 2.05) is 0 Å². The first-order valence-electron chi connectivity index (χ1n) is 24.2. The molecule has 71 heavy (non-hydrogen) atoms. The normalized spacial score (nSPS) is 11.7. The fourth-order valence-electron chi connectivity index (χ4n) is 10.9. The molecule has 14 rings (SSSR count). The van der Waals surface area contributed by atoms with Crippen LogP contribution in [0.2, 0.25) is 0 Å². The zero-order valence-electron chi connectivity index (χ0n) is 38.6. The van der Waals surface area contributed by atoms with Gasteiger partial charge in [0.05, 0.1) is 22.1 Å². The van der Waals surface area contributed by atoms with Crippen molar-refractivity contribution in [2.45, 2.75) is 0 Å². The number of para-hydroxylation sites is 3. The van der Waals surface area contributed by atoms with E-state index in [2.05, 4.69) is 275 Å². The molecule has 0 unspecified atom stereocenters. The van der Waals surface area contributed by atoms with E-state index in [9.17, 15) is 0 Å². The van der Waals surface area contributed by atoms with Gasteiger partial charge in [-0.1, -0.05) is 188 Å². The maximum atomic E-state index is 5.59. The maximum absolute atomic E-state index is 5.59. The van der Waals surface area contributed by atoms with Crippen LogP contribution in [0.5, 0.6) is 0 Å². The molecule has 0 saturated heterocycles. The number of hydrogen-bond donors (Lipinski definition) is 0. The number of fused-ring (bicyclic) bond motifs is 12. The highest BCUT2D eigenvalue weighted by Gasteiger charge is 2.23. The van der Waals surface area contributed by atoms with Crippen LogP contribution in [0.4, 0.5) is 17.1 Å². The molecule has 0 aliphatic heterocycles. The van der Waals surface area contributed by atoms with Gasteiger partial charge in [-0.3, -0.25) is 9.13 Å². The van der Waals surface area contributed by atoms with Crippen molar-refractivity contribution in [3.8, 4) is 45.3 Å².